The van der Waals surface area contributed by atoms with Gasteiger partial charge < -0.3 is 19.3 Å². The number of ketones is 2. The van der Waals surface area contributed by atoms with Crippen LogP contribution >= 0.6 is 0 Å². The summed E-state index contributed by atoms with van der Waals surface area (Å²) in [4.78, 5) is 51.7. The van der Waals surface area contributed by atoms with Gasteiger partial charge in [-0.2, -0.15) is 0 Å². The molecule has 4 fully saturated rings. The predicted molar refractivity (Wildman–Crippen MR) is 147 cm³/mol. The quantitative estimate of drug-likeness (QED) is 0.289. The topological polar surface area (TPSA) is 116 Å². The number of rotatable bonds is 9. The van der Waals surface area contributed by atoms with Crippen LogP contribution in [0.5, 0.6) is 0 Å². The fourth-order valence-corrected chi connectivity index (χ4v) is 8.74. The Labute approximate surface area is 245 Å². The van der Waals surface area contributed by atoms with E-state index in [0.29, 0.717) is 19.3 Å². The molecule has 0 heterocycles. The molecule has 4 saturated carbocycles. The fourth-order valence-electron chi connectivity index (χ4n) is 8.74. The molecule has 9 atom stereocenters. The van der Waals surface area contributed by atoms with Gasteiger partial charge in [0.2, 0.25) is 5.78 Å². The van der Waals surface area contributed by atoms with E-state index < -0.39 is 82.4 Å². The van der Waals surface area contributed by atoms with Crippen molar-refractivity contribution in [3.8, 4) is 0 Å². The lowest BCUT2D eigenvalue weighted by Gasteiger charge is -2.63. The van der Waals surface area contributed by atoms with E-state index in [1.54, 1.807) is 13.8 Å². The number of esters is 1. The summed E-state index contributed by atoms with van der Waals surface area (Å²) in [6.07, 6.45) is 2.63. The molecule has 0 aromatic carbocycles. The van der Waals surface area contributed by atoms with Crippen LogP contribution in [0.4, 0.5) is 13.6 Å². The first-order chi connectivity index (χ1) is 19.8. The molecule has 0 spiro atoms. The van der Waals surface area contributed by atoms with E-state index in [9.17, 15) is 24.3 Å². The lowest BCUT2D eigenvalue weighted by molar-refractivity contribution is -0.226. The maximum atomic E-state index is 17.6. The maximum absolute atomic E-state index is 17.6. The second-order valence-corrected chi connectivity index (χ2v) is 13.4. The third-order valence-corrected chi connectivity index (χ3v) is 11.1. The van der Waals surface area contributed by atoms with Crippen LogP contribution in [0.2, 0.25) is 0 Å². The molecule has 5 aliphatic carbocycles. The van der Waals surface area contributed by atoms with Crippen LogP contribution in [0.25, 0.3) is 0 Å². The highest BCUT2D eigenvalue weighted by atomic mass is 19.1. The Morgan fingerprint density at radius 3 is 2.48 bits per heavy atom. The minimum Gasteiger partial charge on any atom is -0.457 e. The SMILES string of the molecule is CCCCCOC(=O)O[C@]1(C(=O)COC(=O)C2CC2)[C@H](C)C[C@H]2[C@@H]3C[C@H](F)C4=CC(=O)C=C[C@]4(C)[C@@]3(F)[C@@H](O)C[C@@]21C. The second kappa shape index (κ2) is 10.8. The molecule has 0 aromatic heterocycles. The summed E-state index contributed by atoms with van der Waals surface area (Å²) in [5, 5.41) is 11.7. The van der Waals surface area contributed by atoms with E-state index in [2.05, 4.69) is 0 Å². The third-order valence-electron chi connectivity index (χ3n) is 11.1. The standard InChI is InChI=1S/C32H42F2O8/c1-5-6-7-12-40-28(39)42-32(26(37)17-41-27(38)19-8-9-19)18(2)13-21-22-15-24(33)23-14-20(35)10-11-29(23,3)31(22,34)25(36)16-30(21,32)4/h10-11,14,18-19,21-22,24-25,36H,5-9,12-13,15-17H2,1-4H3/t18-,21+,22+,24+,25+,29+,30+,31+,32+/m1/s1. The largest absolute Gasteiger partial charge is 0.509 e. The van der Waals surface area contributed by atoms with Crippen LogP contribution in [0.15, 0.2) is 23.8 Å². The van der Waals surface area contributed by atoms with Gasteiger partial charge in [-0.15, -0.1) is 0 Å². The molecule has 42 heavy (non-hydrogen) atoms. The number of hydrogen-bond acceptors (Lipinski definition) is 8. The number of allylic oxidation sites excluding steroid dienone is 4. The van der Waals surface area contributed by atoms with Gasteiger partial charge in [0.1, 0.15) is 6.17 Å². The Morgan fingerprint density at radius 1 is 1.10 bits per heavy atom. The lowest BCUT2D eigenvalue weighted by atomic mass is 9.44. The summed E-state index contributed by atoms with van der Waals surface area (Å²) in [5.41, 5.74) is -7.17. The molecular formula is C32H42F2O8. The average molecular weight is 593 g/mol. The van der Waals surface area contributed by atoms with Crippen LogP contribution in [0.3, 0.4) is 0 Å². The highest BCUT2D eigenvalue weighted by Gasteiger charge is 2.78. The maximum Gasteiger partial charge on any atom is 0.509 e. The van der Waals surface area contributed by atoms with Gasteiger partial charge in [-0.05, 0) is 69.1 Å². The number of halogens is 2. The van der Waals surface area contributed by atoms with Crippen molar-refractivity contribution in [1.82, 2.24) is 0 Å². The zero-order valence-electron chi connectivity index (χ0n) is 24.8. The van der Waals surface area contributed by atoms with Gasteiger partial charge in [-0.25, -0.2) is 13.6 Å². The Morgan fingerprint density at radius 2 is 1.81 bits per heavy atom. The Balaban J connectivity index is 1.52. The second-order valence-electron chi connectivity index (χ2n) is 13.4. The van der Waals surface area contributed by atoms with Crippen LogP contribution in [-0.4, -0.2) is 65.6 Å². The number of hydrogen-bond donors (Lipinski definition) is 1. The van der Waals surface area contributed by atoms with Gasteiger partial charge in [0.15, 0.2) is 23.7 Å². The minimum atomic E-state index is -2.35. The van der Waals surface area contributed by atoms with Gasteiger partial charge in [-0.1, -0.05) is 39.7 Å². The van der Waals surface area contributed by atoms with Crippen molar-refractivity contribution >= 4 is 23.7 Å². The molecule has 0 radical (unpaired) electrons. The van der Waals surface area contributed by atoms with Crippen molar-refractivity contribution in [3.63, 3.8) is 0 Å². The Bertz CT molecular complexity index is 1210. The number of carbonyl (C=O) groups excluding carboxylic acids is 4. The predicted octanol–water partition coefficient (Wildman–Crippen LogP) is 5.16. The number of aliphatic hydroxyl groups excluding tert-OH is 1. The molecule has 0 aromatic rings. The summed E-state index contributed by atoms with van der Waals surface area (Å²) < 4.78 is 50.0. The van der Waals surface area contributed by atoms with E-state index in [-0.39, 0.29) is 37.4 Å². The number of carbonyl (C=O) groups is 4. The number of Topliss-reactive ketones (excluding diaryl/α,β-unsaturated/α-hetero) is 1. The summed E-state index contributed by atoms with van der Waals surface area (Å²) >= 11 is 0. The molecule has 10 heteroatoms. The lowest BCUT2D eigenvalue weighted by Crippen LogP contribution is -2.71. The molecule has 5 aliphatic rings. The zero-order valence-corrected chi connectivity index (χ0v) is 24.8. The number of fused-ring (bicyclic) bond motifs is 5. The number of ether oxygens (including phenoxy) is 3. The normalized spacial score (nSPS) is 42.1. The number of unbranched alkanes of at least 4 members (excludes halogenated alkanes) is 2. The molecule has 0 saturated heterocycles. The molecule has 0 amide bonds. The van der Waals surface area contributed by atoms with E-state index in [1.165, 1.54) is 19.1 Å². The molecule has 232 valence electrons. The minimum absolute atomic E-state index is 0.00341. The van der Waals surface area contributed by atoms with Crippen LogP contribution in [-0.2, 0) is 28.6 Å². The monoisotopic (exact) mass is 592 g/mol. The summed E-state index contributed by atoms with van der Waals surface area (Å²) in [7, 11) is 0. The van der Waals surface area contributed by atoms with E-state index >= 15 is 8.78 Å². The Hall–Kier alpha value is -2.62. The molecular weight excluding hydrogens is 550 g/mol. The van der Waals surface area contributed by atoms with Crippen LogP contribution in [0.1, 0.15) is 79.1 Å². The van der Waals surface area contributed by atoms with Crippen molar-refractivity contribution in [2.24, 2.45) is 34.5 Å². The zero-order chi connectivity index (χ0) is 30.7. The van der Waals surface area contributed by atoms with Crippen molar-refractivity contribution < 1.29 is 47.3 Å². The number of alkyl halides is 2. The highest BCUT2D eigenvalue weighted by Crippen LogP contribution is 2.71. The number of aliphatic hydroxyl groups is 1. The van der Waals surface area contributed by atoms with Gasteiger partial charge in [0.25, 0.3) is 0 Å². The highest BCUT2D eigenvalue weighted by molar-refractivity contribution is 6.01. The van der Waals surface area contributed by atoms with E-state index in [4.69, 9.17) is 14.2 Å². The molecule has 5 rings (SSSR count). The molecule has 8 nitrogen and oxygen atoms in total. The van der Waals surface area contributed by atoms with Gasteiger partial charge >= 0.3 is 12.1 Å². The van der Waals surface area contributed by atoms with Gasteiger partial charge in [0, 0.05) is 22.7 Å². The van der Waals surface area contributed by atoms with E-state index in [1.807, 2.05) is 6.92 Å². The van der Waals surface area contributed by atoms with Crippen molar-refractivity contribution in [1.29, 1.82) is 0 Å². The summed E-state index contributed by atoms with van der Waals surface area (Å²) in [6.45, 7) is 6.34. The first kappa shape index (κ1) is 30.8. The molecule has 0 aliphatic heterocycles. The van der Waals surface area contributed by atoms with E-state index in [0.717, 1.165) is 18.9 Å². The summed E-state index contributed by atoms with van der Waals surface area (Å²) in [6, 6.07) is 0. The fraction of sp³-hybridized carbons (Fsp3) is 0.750. The Kier molecular flexibility index (Phi) is 7.95. The first-order valence-electron chi connectivity index (χ1n) is 15.3. The van der Waals surface area contributed by atoms with Gasteiger partial charge in [0.05, 0.1) is 18.6 Å². The molecule has 0 bridgehead atoms. The average Bonchev–Trinajstić information content (AvgIpc) is 3.76. The smallest absolute Gasteiger partial charge is 0.457 e. The van der Waals surface area contributed by atoms with Crippen molar-refractivity contribution in [2.45, 2.75) is 103 Å². The molecule has 0 unspecified atom stereocenters. The summed E-state index contributed by atoms with van der Waals surface area (Å²) in [5.74, 6) is -4.28. The molecule has 1 N–H and O–H groups in total. The van der Waals surface area contributed by atoms with Crippen molar-refractivity contribution in [2.75, 3.05) is 13.2 Å². The van der Waals surface area contributed by atoms with Gasteiger partial charge in [-0.3, -0.25) is 14.4 Å². The van der Waals surface area contributed by atoms with Crippen molar-refractivity contribution in [3.05, 3.63) is 23.8 Å². The first-order valence-corrected chi connectivity index (χ1v) is 15.3. The van der Waals surface area contributed by atoms with Crippen LogP contribution in [0, 0.1) is 34.5 Å². The van der Waals surface area contributed by atoms with Crippen LogP contribution < -0.4 is 0 Å². The third kappa shape index (κ3) is 4.46.